The van der Waals surface area contributed by atoms with Crippen molar-refractivity contribution in [2.24, 2.45) is 4.99 Å². The van der Waals surface area contributed by atoms with Gasteiger partial charge in [-0.1, -0.05) is 101 Å². The number of fused-ring (bicyclic) bond motifs is 4. The second kappa shape index (κ2) is 20.5. The molecular weight excluding hydrogens is 719 g/mol. The van der Waals surface area contributed by atoms with Gasteiger partial charge in [0, 0.05) is 45.2 Å². The first-order chi connectivity index (χ1) is 27.3. The van der Waals surface area contributed by atoms with E-state index in [2.05, 4.69) is 70.1 Å². The SMILES string of the molecule is Cc1sc2c(c1C)C(c1ccc(NC(=O)CCCCCCCCCCCCCCCNCCc3c[nH]c4ccccc34)cc1)=N[C@@H](CC(=O)O)c1nnc(C)n1-2. The van der Waals surface area contributed by atoms with Gasteiger partial charge in [-0.2, -0.15) is 0 Å². The van der Waals surface area contributed by atoms with Crippen LogP contribution in [-0.4, -0.2) is 55.5 Å². The molecule has 0 saturated heterocycles. The van der Waals surface area contributed by atoms with Crippen LogP contribution in [0.5, 0.6) is 0 Å². The summed E-state index contributed by atoms with van der Waals surface area (Å²) >= 11 is 1.64. The van der Waals surface area contributed by atoms with Crippen molar-refractivity contribution in [2.75, 3.05) is 18.4 Å². The van der Waals surface area contributed by atoms with Crippen LogP contribution in [0.2, 0.25) is 0 Å². The maximum Gasteiger partial charge on any atom is 0.306 e. The number of amides is 1. The lowest BCUT2D eigenvalue weighted by Crippen LogP contribution is -2.18. The Balaban J connectivity index is 0.805. The maximum absolute atomic E-state index is 12.8. The Labute approximate surface area is 335 Å². The topological polar surface area (TPSA) is 137 Å². The van der Waals surface area contributed by atoms with E-state index in [9.17, 15) is 14.7 Å². The molecule has 5 aromatic rings. The minimum atomic E-state index is -0.942. The first-order valence-electron chi connectivity index (χ1n) is 20.8. The van der Waals surface area contributed by atoms with Crippen LogP contribution in [0.1, 0.15) is 141 Å². The van der Waals surface area contributed by atoms with Gasteiger partial charge in [0.25, 0.3) is 0 Å². The van der Waals surface area contributed by atoms with Crippen LogP contribution in [0, 0.1) is 20.8 Å². The van der Waals surface area contributed by atoms with Crippen molar-refractivity contribution in [2.45, 2.75) is 130 Å². The number of aliphatic imine (C=N–C) groups is 1. The van der Waals surface area contributed by atoms with Crippen molar-refractivity contribution in [3.63, 3.8) is 0 Å². The minimum Gasteiger partial charge on any atom is -0.481 e. The molecule has 11 heteroatoms. The van der Waals surface area contributed by atoms with Crippen molar-refractivity contribution in [3.8, 4) is 5.00 Å². The quantitative estimate of drug-likeness (QED) is 0.0487. The van der Waals surface area contributed by atoms with Gasteiger partial charge < -0.3 is 20.7 Å². The second-order valence-electron chi connectivity index (χ2n) is 15.3. The summed E-state index contributed by atoms with van der Waals surface area (Å²) in [5.74, 6) is 0.330. The highest BCUT2D eigenvalue weighted by atomic mass is 32.1. The first-order valence-corrected chi connectivity index (χ1v) is 21.6. The molecule has 0 saturated carbocycles. The Morgan fingerprint density at radius 2 is 1.48 bits per heavy atom. The van der Waals surface area contributed by atoms with Crippen molar-refractivity contribution < 1.29 is 14.7 Å². The number of para-hydroxylation sites is 1. The van der Waals surface area contributed by atoms with Gasteiger partial charge in [-0.25, -0.2) is 0 Å². The van der Waals surface area contributed by atoms with Gasteiger partial charge in [0.05, 0.1) is 12.1 Å². The molecule has 1 aliphatic rings. The Kier molecular flexibility index (Phi) is 15.0. The zero-order valence-electron chi connectivity index (χ0n) is 33.5. The van der Waals surface area contributed by atoms with E-state index < -0.39 is 12.0 Å². The Morgan fingerprint density at radius 3 is 2.18 bits per heavy atom. The molecule has 1 atom stereocenters. The molecular formula is C45H59N7O3S. The lowest BCUT2D eigenvalue weighted by Gasteiger charge is -2.12. The van der Waals surface area contributed by atoms with Gasteiger partial charge in [0.1, 0.15) is 16.9 Å². The number of unbranched alkanes of at least 4 members (excludes halogenated alkanes) is 12. The van der Waals surface area contributed by atoms with E-state index in [-0.39, 0.29) is 12.3 Å². The third-order valence-electron chi connectivity index (χ3n) is 11.1. The number of hydrogen-bond donors (Lipinski definition) is 4. The van der Waals surface area contributed by atoms with Crippen molar-refractivity contribution in [3.05, 3.63) is 93.5 Å². The number of carboxylic acid groups (broad SMARTS) is 1. The summed E-state index contributed by atoms with van der Waals surface area (Å²) < 4.78 is 1.96. The number of anilines is 1. The van der Waals surface area contributed by atoms with E-state index in [1.54, 1.807) is 11.3 Å². The van der Waals surface area contributed by atoms with Crippen LogP contribution in [0.3, 0.4) is 0 Å². The molecule has 0 spiro atoms. The molecule has 2 aromatic carbocycles. The van der Waals surface area contributed by atoms with Gasteiger partial charge in [-0.05, 0) is 82.4 Å². The molecule has 1 amide bonds. The van der Waals surface area contributed by atoms with Crippen LogP contribution < -0.4 is 10.6 Å². The number of aliphatic carboxylic acids is 1. The van der Waals surface area contributed by atoms with Crippen molar-refractivity contribution in [1.82, 2.24) is 25.1 Å². The highest BCUT2D eigenvalue weighted by molar-refractivity contribution is 7.15. The number of rotatable bonds is 23. The number of nitrogens with zero attached hydrogens (tertiary/aromatic N) is 4. The van der Waals surface area contributed by atoms with E-state index in [0.29, 0.717) is 18.1 Å². The summed E-state index contributed by atoms with van der Waals surface area (Å²) in [5, 5.41) is 27.3. The molecule has 56 heavy (non-hydrogen) atoms. The normalized spacial score (nSPS) is 13.7. The number of aryl methyl sites for hydroxylation is 2. The van der Waals surface area contributed by atoms with E-state index >= 15 is 0 Å². The molecule has 6 rings (SSSR count). The molecule has 0 radical (unpaired) electrons. The molecule has 0 aliphatic carbocycles. The number of benzene rings is 2. The number of aromatic nitrogens is 4. The van der Waals surface area contributed by atoms with E-state index in [4.69, 9.17) is 4.99 Å². The summed E-state index contributed by atoms with van der Waals surface area (Å²) in [5.41, 5.74) is 7.05. The second-order valence-corrected chi connectivity index (χ2v) is 16.5. The van der Waals surface area contributed by atoms with Gasteiger partial charge in [-0.15, -0.1) is 21.5 Å². The third kappa shape index (κ3) is 10.8. The predicted octanol–water partition coefficient (Wildman–Crippen LogP) is 10.3. The monoisotopic (exact) mass is 777 g/mol. The van der Waals surface area contributed by atoms with Crippen molar-refractivity contribution in [1.29, 1.82) is 0 Å². The number of thiophene rings is 1. The van der Waals surface area contributed by atoms with E-state index in [1.165, 1.54) is 87.1 Å². The number of nitrogens with one attached hydrogen (secondary N) is 3. The van der Waals surface area contributed by atoms with Gasteiger partial charge in [-0.3, -0.25) is 19.1 Å². The smallest absolute Gasteiger partial charge is 0.306 e. The minimum absolute atomic E-state index is 0.0313. The Bertz CT molecular complexity index is 2080. The van der Waals surface area contributed by atoms with Gasteiger partial charge in [0.15, 0.2) is 5.82 Å². The molecule has 4 N–H and O–H groups in total. The zero-order chi connectivity index (χ0) is 39.3. The lowest BCUT2D eigenvalue weighted by atomic mass is 9.99. The molecule has 0 fully saturated rings. The molecule has 298 valence electrons. The Morgan fingerprint density at radius 1 is 0.821 bits per heavy atom. The summed E-state index contributed by atoms with van der Waals surface area (Å²) in [4.78, 5) is 34.1. The van der Waals surface area contributed by atoms with E-state index in [0.717, 1.165) is 70.3 Å². The molecule has 1 aliphatic heterocycles. The summed E-state index contributed by atoms with van der Waals surface area (Å²) in [6.07, 6.45) is 19.9. The number of H-pyrrole nitrogens is 1. The van der Waals surface area contributed by atoms with Crippen LogP contribution in [0.4, 0.5) is 5.69 Å². The van der Waals surface area contributed by atoms with Crippen LogP contribution in [0.15, 0.2) is 59.7 Å². The number of carbonyl (C=O) groups excluding carboxylic acids is 1. The molecule has 10 nitrogen and oxygen atoms in total. The fraction of sp³-hybridized carbons (Fsp3) is 0.489. The number of hydrogen-bond acceptors (Lipinski definition) is 7. The van der Waals surface area contributed by atoms with Crippen LogP contribution >= 0.6 is 11.3 Å². The molecule has 0 unspecified atom stereocenters. The van der Waals surface area contributed by atoms with E-state index in [1.807, 2.05) is 35.8 Å². The predicted molar refractivity (Wildman–Crippen MR) is 229 cm³/mol. The molecule has 3 aromatic heterocycles. The number of aromatic amines is 1. The van der Waals surface area contributed by atoms with Crippen LogP contribution in [-0.2, 0) is 16.0 Å². The Hall–Kier alpha value is -4.61. The zero-order valence-corrected chi connectivity index (χ0v) is 34.3. The van der Waals surface area contributed by atoms with Gasteiger partial charge >= 0.3 is 5.97 Å². The van der Waals surface area contributed by atoms with Gasteiger partial charge in [0.2, 0.25) is 5.91 Å². The summed E-state index contributed by atoms with van der Waals surface area (Å²) in [6.45, 7) is 8.19. The molecule has 0 bridgehead atoms. The van der Waals surface area contributed by atoms with Crippen molar-refractivity contribution >= 4 is 45.5 Å². The lowest BCUT2D eigenvalue weighted by molar-refractivity contribution is -0.137. The summed E-state index contributed by atoms with van der Waals surface area (Å²) in [7, 11) is 0. The highest BCUT2D eigenvalue weighted by Gasteiger charge is 2.32. The largest absolute Gasteiger partial charge is 0.481 e. The summed E-state index contributed by atoms with van der Waals surface area (Å²) in [6, 6.07) is 15.6. The fourth-order valence-electron chi connectivity index (χ4n) is 7.79. The number of carboxylic acids is 1. The number of carbonyl (C=O) groups is 2. The molecule has 4 heterocycles. The fourth-order valence-corrected chi connectivity index (χ4v) is 9.01. The maximum atomic E-state index is 12.8. The first kappa shape index (κ1) is 41.0. The van der Waals surface area contributed by atoms with Crippen LogP contribution in [0.25, 0.3) is 15.9 Å². The average molecular weight is 778 g/mol. The standard InChI is InChI=1S/C45H59N7O3S/c1-31-32(2)56-45-42(31)43(49-39(29-41(54)55)44-51-50-33(3)52(44)45)34-22-24-36(25-23-34)48-40(53)21-15-13-11-9-7-5-4-6-8-10-12-14-18-27-46-28-26-35-30-47-38-20-17-16-19-37(35)38/h16-17,19-20,22-25,30,39,46-47H,4-15,18,21,26-29H2,1-3H3,(H,48,53)(H,54,55)/t39-/m0/s1. The average Bonchev–Trinajstić information content (AvgIpc) is 3.84. The highest BCUT2D eigenvalue weighted by Crippen LogP contribution is 2.39. The third-order valence-corrected chi connectivity index (χ3v) is 12.2.